The van der Waals surface area contributed by atoms with Gasteiger partial charge in [0.15, 0.2) is 0 Å². The van der Waals surface area contributed by atoms with Gasteiger partial charge >= 0.3 is 0 Å². The van der Waals surface area contributed by atoms with Crippen LogP contribution in [-0.4, -0.2) is 16.2 Å². The summed E-state index contributed by atoms with van der Waals surface area (Å²) in [4.78, 5) is 9.68. The summed E-state index contributed by atoms with van der Waals surface area (Å²) in [5.41, 5.74) is 5.11. The third kappa shape index (κ3) is 2.33. The van der Waals surface area contributed by atoms with E-state index in [0.29, 0.717) is 0 Å². The number of halogens is 1. The summed E-state index contributed by atoms with van der Waals surface area (Å²) in [6, 6.07) is 16.4. The molecule has 0 aliphatic carbocycles. The molecule has 1 atom stereocenters. The molecule has 0 radical (unpaired) electrons. The van der Waals surface area contributed by atoms with Crippen molar-refractivity contribution in [3.63, 3.8) is 0 Å². The van der Waals surface area contributed by atoms with Gasteiger partial charge in [-0.2, -0.15) is 0 Å². The van der Waals surface area contributed by atoms with Gasteiger partial charge in [-0.25, -0.2) is 0 Å². The summed E-state index contributed by atoms with van der Waals surface area (Å²) in [6.07, 6.45) is 1.91. The monoisotopic (exact) mass is 334 g/mol. The Bertz CT molecular complexity index is 972. The Morgan fingerprint density at radius 2 is 1.83 bits per heavy atom. The average molecular weight is 335 g/mol. The molecule has 0 saturated carbocycles. The Morgan fingerprint density at radius 1 is 1.04 bits per heavy atom. The van der Waals surface area contributed by atoms with E-state index in [2.05, 4.69) is 44.0 Å². The van der Waals surface area contributed by atoms with Gasteiger partial charge in [0, 0.05) is 33.7 Å². The first-order chi connectivity index (χ1) is 11.5. The largest absolute Gasteiger partial charge is 0.277 e. The molecule has 1 aromatic heterocycles. The van der Waals surface area contributed by atoms with Crippen LogP contribution in [0.3, 0.4) is 0 Å². The highest BCUT2D eigenvalue weighted by Crippen LogP contribution is 2.42. The van der Waals surface area contributed by atoms with Crippen LogP contribution in [0.4, 0.5) is 0 Å². The molecule has 1 aliphatic heterocycles. The smallest absolute Gasteiger partial charge is 0.0744 e. The predicted octanol–water partition coefficient (Wildman–Crippen LogP) is 5.62. The quantitative estimate of drug-likeness (QED) is 0.567. The van der Waals surface area contributed by atoms with Crippen LogP contribution in [0.25, 0.3) is 10.9 Å². The van der Waals surface area contributed by atoms with Gasteiger partial charge in [-0.1, -0.05) is 48.9 Å². The number of benzene rings is 2. The Hall–Kier alpha value is -2.19. The fourth-order valence-electron chi connectivity index (χ4n) is 3.40. The maximum absolute atomic E-state index is 6.54. The maximum Gasteiger partial charge on any atom is 0.0744 e. The number of pyridine rings is 1. The average Bonchev–Trinajstić information content (AvgIpc) is 2.58. The molecule has 2 nitrogen and oxygen atoms in total. The van der Waals surface area contributed by atoms with Gasteiger partial charge in [-0.15, -0.1) is 0 Å². The van der Waals surface area contributed by atoms with Gasteiger partial charge in [-0.3, -0.25) is 9.98 Å². The van der Waals surface area contributed by atoms with E-state index >= 15 is 0 Å². The molecule has 3 heteroatoms. The van der Waals surface area contributed by atoms with Gasteiger partial charge in [0.05, 0.1) is 16.8 Å². The van der Waals surface area contributed by atoms with E-state index in [-0.39, 0.29) is 11.5 Å². The first-order valence-corrected chi connectivity index (χ1v) is 8.59. The van der Waals surface area contributed by atoms with Crippen molar-refractivity contribution in [3.8, 4) is 0 Å². The van der Waals surface area contributed by atoms with Crippen molar-refractivity contribution in [3.05, 3.63) is 76.4 Å². The van der Waals surface area contributed by atoms with Crippen LogP contribution < -0.4 is 0 Å². The van der Waals surface area contributed by atoms with Crippen LogP contribution in [-0.2, 0) is 0 Å². The first-order valence-electron chi connectivity index (χ1n) is 8.21. The lowest BCUT2D eigenvalue weighted by Gasteiger charge is -2.36. The molecular formula is C21H19ClN2. The van der Waals surface area contributed by atoms with E-state index in [1.165, 1.54) is 5.56 Å². The Balaban J connectivity index is 1.97. The SMILES string of the molecule is CC1c2c(Cl)cccc2C(c2cnc3ccccc3c2)=NC1(C)C. The molecule has 24 heavy (non-hydrogen) atoms. The summed E-state index contributed by atoms with van der Waals surface area (Å²) >= 11 is 6.54. The van der Waals surface area contributed by atoms with Crippen molar-refractivity contribution >= 4 is 28.2 Å². The van der Waals surface area contributed by atoms with E-state index in [1.807, 2.05) is 36.5 Å². The maximum atomic E-state index is 6.54. The molecule has 2 aromatic carbocycles. The van der Waals surface area contributed by atoms with Crippen molar-refractivity contribution in [1.29, 1.82) is 0 Å². The molecule has 1 aliphatic rings. The molecule has 120 valence electrons. The van der Waals surface area contributed by atoms with Crippen LogP contribution in [0.2, 0.25) is 5.02 Å². The third-order valence-corrected chi connectivity index (χ3v) is 5.39. The minimum atomic E-state index is -0.209. The molecule has 1 unspecified atom stereocenters. The van der Waals surface area contributed by atoms with Crippen molar-refractivity contribution in [2.75, 3.05) is 0 Å². The first kappa shape index (κ1) is 15.3. The highest BCUT2D eigenvalue weighted by molar-refractivity contribution is 6.32. The Labute approximate surface area is 147 Å². The van der Waals surface area contributed by atoms with Crippen LogP contribution in [0.15, 0.2) is 59.7 Å². The van der Waals surface area contributed by atoms with Crippen LogP contribution >= 0.6 is 11.6 Å². The molecular weight excluding hydrogens is 316 g/mol. The fourth-order valence-corrected chi connectivity index (χ4v) is 3.74. The van der Waals surface area contributed by atoms with Gasteiger partial charge < -0.3 is 0 Å². The van der Waals surface area contributed by atoms with Crippen LogP contribution in [0.1, 0.15) is 43.4 Å². The van der Waals surface area contributed by atoms with Crippen LogP contribution in [0, 0.1) is 0 Å². The van der Waals surface area contributed by atoms with Crippen molar-refractivity contribution in [1.82, 2.24) is 4.98 Å². The second-order valence-electron chi connectivity index (χ2n) is 6.95. The Kier molecular flexibility index (Phi) is 3.47. The highest BCUT2D eigenvalue weighted by atomic mass is 35.5. The summed E-state index contributed by atoms with van der Waals surface area (Å²) in [7, 11) is 0. The number of aromatic nitrogens is 1. The second-order valence-corrected chi connectivity index (χ2v) is 7.36. The van der Waals surface area contributed by atoms with Crippen molar-refractivity contribution < 1.29 is 0 Å². The number of aliphatic imine (C=N–C) groups is 1. The van der Waals surface area contributed by atoms with E-state index in [0.717, 1.165) is 32.8 Å². The standard InChI is InChI=1S/C21H19ClN2/c1-13-19-16(8-6-9-17(19)22)20(24-21(13,2)3)15-11-14-7-4-5-10-18(14)23-12-15/h4-13H,1-3H3. The molecule has 0 fully saturated rings. The second kappa shape index (κ2) is 5.42. The van der Waals surface area contributed by atoms with E-state index < -0.39 is 0 Å². The molecule has 4 rings (SSSR count). The Morgan fingerprint density at radius 3 is 2.67 bits per heavy atom. The lowest BCUT2D eigenvalue weighted by atomic mass is 9.77. The number of hydrogen-bond acceptors (Lipinski definition) is 2. The zero-order valence-corrected chi connectivity index (χ0v) is 14.8. The summed E-state index contributed by atoms with van der Waals surface area (Å²) < 4.78 is 0. The van der Waals surface area contributed by atoms with E-state index in [9.17, 15) is 0 Å². The van der Waals surface area contributed by atoms with Gasteiger partial charge in [0.25, 0.3) is 0 Å². The molecule has 0 amide bonds. The summed E-state index contributed by atoms with van der Waals surface area (Å²) in [5.74, 6) is 0.262. The van der Waals surface area contributed by atoms with Gasteiger partial charge in [0.1, 0.15) is 0 Å². The third-order valence-electron chi connectivity index (χ3n) is 5.06. The molecule has 0 N–H and O–H groups in total. The van der Waals surface area contributed by atoms with E-state index in [1.54, 1.807) is 0 Å². The number of rotatable bonds is 1. The molecule has 3 aromatic rings. The van der Waals surface area contributed by atoms with Crippen LogP contribution in [0.5, 0.6) is 0 Å². The molecule has 2 heterocycles. The number of fused-ring (bicyclic) bond motifs is 2. The zero-order chi connectivity index (χ0) is 16.9. The zero-order valence-electron chi connectivity index (χ0n) is 14.0. The fraction of sp³-hybridized carbons (Fsp3) is 0.238. The van der Waals surface area contributed by atoms with Crippen molar-refractivity contribution in [2.45, 2.75) is 32.2 Å². The molecule has 0 spiro atoms. The topological polar surface area (TPSA) is 25.2 Å². The normalized spacial score (nSPS) is 19.0. The molecule has 0 bridgehead atoms. The highest BCUT2D eigenvalue weighted by Gasteiger charge is 2.35. The number of nitrogens with zero attached hydrogens (tertiary/aromatic N) is 2. The number of hydrogen-bond donors (Lipinski definition) is 0. The van der Waals surface area contributed by atoms with Gasteiger partial charge in [0.2, 0.25) is 0 Å². The minimum absolute atomic E-state index is 0.209. The summed E-state index contributed by atoms with van der Waals surface area (Å²) in [5, 5.41) is 1.94. The van der Waals surface area contributed by atoms with Gasteiger partial charge in [-0.05, 0) is 37.6 Å². The minimum Gasteiger partial charge on any atom is -0.277 e. The predicted molar refractivity (Wildman–Crippen MR) is 101 cm³/mol. The molecule has 0 saturated heterocycles. The van der Waals surface area contributed by atoms with Crippen molar-refractivity contribution in [2.24, 2.45) is 4.99 Å². The lowest BCUT2D eigenvalue weighted by molar-refractivity contribution is 0.432. The summed E-state index contributed by atoms with van der Waals surface area (Å²) in [6.45, 7) is 6.53. The number of para-hydroxylation sites is 1. The van der Waals surface area contributed by atoms with E-state index in [4.69, 9.17) is 16.6 Å². The lowest BCUT2D eigenvalue weighted by Crippen LogP contribution is -2.33.